The number of carboxylic acids is 1. The summed E-state index contributed by atoms with van der Waals surface area (Å²) in [5, 5.41) is 14.6. The van der Waals surface area contributed by atoms with Crippen molar-refractivity contribution in [1.82, 2.24) is 10.6 Å². The van der Waals surface area contributed by atoms with Crippen molar-refractivity contribution in [3.05, 3.63) is 23.8 Å². The molecule has 2 aliphatic rings. The Bertz CT molecular complexity index is 720. The predicted octanol–water partition coefficient (Wildman–Crippen LogP) is 1.33. The molecular formula is C18H22N2O6. The number of carbonyl (C=O) groups excluding carboxylic acids is 2. The van der Waals surface area contributed by atoms with Gasteiger partial charge in [0.15, 0.2) is 11.5 Å². The number of nitrogens with one attached hydrogen (secondary N) is 2. The third kappa shape index (κ3) is 4.44. The molecule has 3 N–H and O–H groups in total. The highest BCUT2D eigenvalue weighted by atomic mass is 16.7. The molecular weight excluding hydrogens is 340 g/mol. The maximum Gasteiger partial charge on any atom is 0.303 e. The summed E-state index contributed by atoms with van der Waals surface area (Å²) in [5.41, 5.74) is 0.309. The number of ether oxygens (including phenoxy) is 2. The Hall–Kier alpha value is -2.77. The first-order valence-corrected chi connectivity index (χ1v) is 8.64. The summed E-state index contributed by atoms with van der Waals surface area (Å²) in [6, 6.07) is 5.49. The average molecular weight is 362 g/mol. The molecule has 8 heteroatoms. The van der Waals surface area contributed by atoms with E-state index in [1.807, 2.05) is 12.1 Å². The van der Waals surface area contributed by atoms with Crippen LogP contribution in [0.1, 0.15) is 44.1 Å². The van der Waals surface area contributed by atoms with E-state index >= 15 is 0 Å². The lowest BCUT2D eigenvalue weighted by molar-refractivity contribution is -0.137. The van der Waals surface area contributed by atoms with Crippen LogP contribution in [-0.2, 0) is 20.9 Å². The van der Waals surface area contributed by atoms with Gasteiger partial charge in [-0.05, 0) is 37.0 Å². The minimum absolute atomic E-state index is 0.0287. The van der Waals surface area contributed by atoms with Crippen LogP contribution in [0, 0.1) is 0 Å². The Balaban J connectivity index is 1.49. The SMILES string of the molecule is O=C(O)CCC1(CCC(=O)NCc2ccc3c(c2)OCO3)CCC(=O)N1. The highest BCUT2D eigenvalue weighted by molar-refractivity contribution is 5.80. The standard InChI is InChI=1S/C18H22N2O6/c21-15(19-10-12-1-2-13-14(9-12)26-11-25-13)3-6-18(8-5-17(23)24)7-4-16(22)20-18/h1-2,9H,3-8,10-11H2,(H,19,21)(H,20,22)(H,23,24). The van der Waals surface area contributed by atoms with Gasteiger partial charge in [-0.2, -0.15) is 0 Å². The van der Waals surface area contributed by atoms with Gasteiger partial charge in [0.25, 0.3) is 0 Å². The number of benzene rings is 1. The van der Waals surface area contributed by atoms with E-state index in [4.69, 9.17) is 14.6 Å². The van der Waals surface area contributed by atoms with E-state index in [0.29, 0.717) is 43.7 Å². The van der Waals surface area contributed by atoms with Crippen LogP contribution in [0.4, 0.5) is 0 Å². The molecule has 0 saturated carbocycles. The monoisotopic (exact) mass is 362 g/mol. The highest BCUT2D eigenvalue weighted by Gasteiger charge is 2.37. The molecule has 0 spiro atoms. The van der Waals surface area contributed by atoms with Crippen LogP contribution in [0.5, 0.6) is 11.5 Å². The first-order chi connectivity index (χ1) is 12.5. The Kier molecular flexibility index (Phi) is 5.29. The van der Waals surface area contributed by atoms with Crippen molar-refractivity contribution < 1.29 is 29.0 Å². The lowest BCUT2D eigenvalue weighted by atomic mass is 9.86. The lowest BCUT2D eigenvalue weighted by Gasteiger charge is -2.28. The summed E-state index contributed by atoms with van der Waals surface area (Å²) < 4.78 is 10.6. The second kappa shape index (κ2) is 7.63. The summed E-state index contributed by atoms with van der Waals surface area (Å²) in [4.78, 5) is 34.6. The summed E-state index contributed by atoms with van der Waals surface area (Å²) in [6.45, 7) is 0.569. The van der Waals surface area contributed by atoms with Crippen LogP contribution in [-0.4, -0.2) is 35.2 Å². The molecule has 2 heterocycles. The smallest absolute Gasteiger partial charge is 0.303 e. The molecule has 1 atom stereocenters. The van der Waals surface area contributed by atoms with Crippen LogP contribution in [0.15, 0.2) is 18.2 Å². The van der Waals surface area contributed by atoms with Gasteiger partial charge in [0.1, 0.15) is 0 Å². The molecule has 3 rings (SSSR count). The van der Waals surface area contributed by atoms with Crippen molar-refractivity contribution in [1.29, 1.82) is 0 Å². The Morgan fingerprint density at radius 1 is 1.19 bits per heavy atom. The zero-order valence-electron chi connectivity index (χ0n) is 14.4. The van der Waals surface area contributed by atoms with Gasteiger partial charge in [0, 0.05) is 31.3 Å². The van der Waals surface area contributed by atoms with Crippen LogP contribution >= 0.6 is 0 Å². The van der Waals surface area contributed by atoms with Crippen molar-refractivity contribution in [2.45, 2.75) is 50.6 Å². The third-order valence-corrected chi connectivity index (χ3v) is 4.81. The normalized spacial score (nSPS) is 20.7. The van der Waals surface area contributed by atoms with E-state index in [0.717, 1.165) is 5.56 Å². The van der Waals surface area contributed by atoms with Crippen LogP contribution in [0.25, 0.3) is 0 Å². The van der Waals surface area contributed by atoms with Gasteiger partial charge < -0.3 is 25.2 Å². The molecule has 1 unspecified atom stereocenters. The molecule has 1 aromatic carbocycles. The van der Waals surface area contributed by atoms with Gasteiger partial charge in [0.2, 0.25) is 18.6 Å². The molecule has 26 heavy (non-hydrogen) atoms. The second-order valence-corrected chi connectivity index (χ2v) is 6.69. The molecule has 2 aliphatic heterocycles. The van der Waals surface area contributed by atoms with E-state index in [1.54, 1.807) is 6.07 Å². The summed E-state index contributed by atoms with van der Waals surface area (Å²) >= 11 is 0. The predicted molar refractivity (Wildman–Crippen MR) is 90.6 cm³/mol. The number of hydrogen-bond donors (Lipinski definition) is 3. The van der Waals surface area contributed by atoms with Gasteiger partial charge in [-0.1, -0.05) is 6.07 Å². The molecule has 0 radical (unpaired) electrons. The molecule has 0 aliphatic carbocycles. The summed E-state index contributed by atoms with van der Waals surface area (Å²) in [5.74, 6) is 0.225. The van der Waals surface area contributed by atoms with Gasteiger partial charge in [-0.15, -0.1) is 0 Å². The van der Waals surface area contributed by atoms with E-state index < -0.39 is 11.5 Å². The summed E-state index contributed by atoms with van der Waals surface area (Å²) in [7, 11) is 0. The molecule has 0 aromatic heterocycles. The Morgan fingerprint density at radius 2 is 1.96 bits per heavy atom. The number of fused-ring (bicyclic) bond motifs is 1. The summed E-state index contributed by atoms with van der Waals surface area (Å²) in [6.07, 6.45) is 1.90. The number of hydrogen-bond acceptors (Lipinski definition) is 5. The van der Waals surface area contributed by atoms with Crippen molar-refractivity contribution in [2.75, 3.05) is 6.79 Å². The molecule has 140 valence electrons. The molecule has 8 nitrogen and oxygen atoms in total. The maximum atomic E-state index is 12.2. The Morgan fingerprint density at radius 3 is 2.69 bits per heavy atom. The minimum atomic E-state index is -0.905. The van der Waals surface area contributed by atoms with Crippen molar-refractivity contribution in [2.24, 2.45) is 0 Å². The average Bonchev–Trinajstić information content (AvgIpc) is 3.23. The minimum Gasteiger partial charge on any atom is -0.481 e. The quantitative estimate of drug-likeness (QED) is 0.643. The highest BCUT2D eigenvalue weighted by Crippen LogP contribution is 2.32. The zero-order valence-corrected chi connectivity index (χ0v) is 14.4. The van der Waals surface area contributed by atoms with E-state index in [-0.39, 0.29) is 31.4 Å². The van der Waals surface area contributed by atoms with Crippen LogP contribution in [0.2, 0.25) is 0 Å². The molecule has 1 aromatic rings. The zero-order chi connectivity index (χ0) is 18.6. The number of aliphatic carboxylic acids is 1. The van der Waals surface area contributed by atoms with Crippen LogP contribution in [0.3, 0.4) is 0 Å². The third-order valence-electron chi connectivity index (χ3n) is 4.81. The van der Waals surface area contributed by atoms with Crippen molar-refractivity contribution in [3.8, 4) is 11.5 Å². The fourth-order valence-corrected chi connectivity index (χ4v) is 3.31. The number of rotatable bonds is 8. The molecule has 1 fully saturated rings. The molecule has 1 saturated heterocycles. The first kappa shape index (κ1) is 18.0. The van der Waals surface area contributed by atoms with Gasteiger partial charge in [-0.3, -0.25) is 14.4 Å². The fourth-order valence-electron chi connectivity index (χ4n) is 3.31. The second-order valence-electron chi connectivity index (χ2n) is 6.69. The van der Waals surface area contributed by atoms with Gasteiger partial charge in [0.05, 0.1) is 0 Å². The topological polar surface area (TPSA) is 114 Å². The Labute approximate surface area is 150 Å². The van der Waals surface area contributed by atoms with Crippen molar-refractivity contribution in [3.63, 3.8) is 0 Å². The van der Waals surface area contributed by atoms with Crippen molar-refractivity contribution >= 4 is 17.8 Å². The maximum absolute atomic E-state index is 12.2. The number of carboxylic acid groups (broad SMARTS) is 1. The van der Waals surface area contributed by atoms with Gasteiger partial charge >= 0.3 is 5.97 Å². The number of carbonyl (C=O) groups is 3. The van der Waals surface area contributed by atoms with Gasteiger partial charge in [-0.25, -0.2) is 0 Å². The molecule has 0 bridgehead atoms. The van der Waals surface area contributed by atoms with E-state index in [2.05, 4.69) is 10.6 Å². The van der Waals surface area contributed by atoms with E-state index in [9.17, 15) is 14.4 Å². The molecule has 2 amide bonds. The lowest BCUT2D eigenvalue weighted by Crippen LogP contribution is -2.43. The van der Waals surface area contributed by atoms with Crippen LogP contribution < -0.4 is 20.1 Å². The largest absolute Gasteiger partial charge is 0.481 e. The van der Waals surface area contributed by atoms with E-state index in [1.165, 1.54) is 0 Å². The fraction of sp³-hybridized carbons (Fsp3) is 0.500. The first-order valence-electron chi connectivity index (χ1n) is 8.64. The number of amides is 2.